The van der Waals surface area contributed by atoms with Crippen LogP contribution in [0.15, 0.2) is 35.7 Å². The standard InChI is InChI=1S/C13H14ClNS/c1-2-15-9-10-5-3-4-6-11(10)13-12(14)7-8-16-13/h3-8,15H,2,9H2,1H3. The van der Waals surface area contributed by atoms with E-state index in [4.69, 9.17) is 11.6 Å². The second kappa shape index (κ2) is 5.48. The molecule has 0 aliphatic rings. The van der Waals surface area contributed by atoms with Crippen LogP contribution in [0.3, 0.4) is 0 Å². The molecule has 0 unspecified atom stereocenters. The lowest BCUT2D eigenvalue weighted by molar-refractivity contribution is 0.728. The average Bonchev–Trinajstić information content (AvgIpc) is 2.73. The van der Waals surface area contributed by atoms with E-state index in [0.717, 1.165) is 23.0 Å². The Bertz CT molecular complexity index is 464. The molecule has 1 nitrogen and oxygen atoms in total. The number of nitrogens with one attached hydrogen (secondary N) is 1. The van der Waals surface area contributed by atoms with Crippen LogP contribution in [-0.2, 0) is 6.54 Å². The minimum atomic E-state index is 0.842. The Morgan fingerprint density at radius 2 is 2.06 bits per heavy atom. The number of hydrogen-bond acceptors (Lipinski definition) is 2. The molecule has 16 heavy (non-hydrogen) atoms. The second-order valence-corrected chi connectivity index (χ2v) is 4.86. The van der Waals surface area contributed by atoms with E-state index in [9.17, 15) is 0 Å². The van der Waals surface area contributed by atoms with Crippen LogP contribution in [0.25, 0.3) is 10.4 Å². The van der Waals surface area contributed by atoms with E-state index >= 15 is 0 Å². The van der Waals surface area contributed by atoms with E-state index < -0.39 is 0 Å². The van der Waals surface area contributed by atoms with E-state index in [1.165, 1.54) is 11.1 Å². The molecule has 0 aliphatic carbocycles. The van der Waals surface area contributed by atoms with Crippen LogP contribution < -0.4 is 5.32 Å². The smallest absolute Gasteiger partial charge is 0.0592 e. The Morgan fingerprint density at radius 3 is 2.75 bits per heavy atom. The summed E-state index contributed by atoms with van der Waals surface area (Å²) in [6.45, 7) is 3.98. The zero-order valence-corrected chi connectivity index (χ0v) is 10.7. The molecule has 0 amide bonds. The third-order valence-corrected chi connectivity index (χ3v) is 3.82. The largest absolute Gasteiger partial charge is 0.313 e. The molecule has 3 heteroatoms. The fraction of sp³-hybridized carbons (Fsp3) is 0.231. The lowest BCUT2D eigenvalue weighted by atomic mass is 10.1. The first-order valence-electron chi connectivity index (χ1n) is 5.35. The van der Waals surface area contributed by atoms with Gasteiger partial charge in [-0.3, -0.25) is 0 Å². The molecule has 84 valence electrons. The molecule has 1 aromatic carbocycles. The van der Waals surface area contributed by atoms with Gasteiger partial charge in [0, 0.05) is 6.54 Å². The fourth-order valence-corrected chi connectivity index (χ4v) is 2.86. The quantitative estimate of drug-likeness (QED) is 0.860. The zero-order valence-electron chi connectivity index (χ0n) is 9.16. The zero-order chi connectivity index (χ0) is 11.4. The van der Waals surface area contributed by atoms with Crippen molar-refractivity contribution in [1.82, 2.24) is 5.32 Å². The lowest BCUT2D eigenvalue weighted by Crippen LogP contribution is -2.12. The maximum atomic E-state index is 6.17. The summed E-state index contributed by atoms with van der Waals surface area (Å²) in [6, 6.07) is 10.3. The lowest BCUT2D eigenvalue weighted by Gasteiger charge is -2.08. The maximum absolute atomic E-state index is 6.17. The Hall–Kier alpha value is -0.830. The number of hydrogen-bond donors (Lipinski definition) is 1. The van der Waals surface area contributed by atoms with Gasteiger partial charge in [-0.2, -0.15) is 0 Å². The van der Waals surface area contributed by atoms with Crippen LogP contribution in [-0.4, -0.2) is 6.54 Å². The highest BCUT2D eigenvalue weighted by molar-refractivity contribution is 7.14. The number of rotatable bonds is 4. The first-order chi connectivity index (χ1) is 7.83. The van der Waals surface area contributed by atoms with Gasteiger partial charge in [0.25, 0.3) is 0 Å². The Morgan fingerprint density at radius 1 is 1.25 bits per heavy atom. The summed E-state index contributed by atoms with van der Waals surface area (Å²) in [5.41, 5.74) is 2.54. The molecule has 2 rings (SSSR count). The Labute approximate surface area is 105 Å². The first kappa shape index (κ1) is 11.6. The minimum absolute atomic E-state index is 0.842. The minimum Gasteiger partial charge on any atom is -0.313 e. The second-order valence-electron chi connectivity index (χ2n) is 3.54. The maximum Gasteiger partial charge on any atom is 0.0592 e. The van der Waals surface area contributed by atoms with Gasteiger partial charge in [0.1, 0.15) is 0 Å². The molecular weight excluding hydrogens is 238 g/mol. The van der Waals surface area contributed by atoms with E-state index in [1.807, 2.05) is 11.4 Å². The molecule has 1 heterocycles. The topological polar surface area (TPSA) is 12.0 Å². The van der Waals surface area contributed by atoms with Crippen LogP contribution >= 0.6 is 22.9 Å². The van der Waals surface area contributed by atoms with Gasteiger partial charge in [-0.05, 0) is 29.1 Å². The molecule has 0 saturated heterocycles. The molecule has 2 aromatic rings. The van der Waals surface area contributed by atoms with Crippen molar-refractivity contribution >= 4 is 22.9 Å². The third-order valence-electron chi connectivity index (χ3n) is 2.44. The number of benzene rings is 1. The van der Waals surface area contributed by atoms with Crippen LogP contribution in [0.5, 0.6) is 0 Å². The van der Waals surface area contributed by atoms with E-state index in [-0.39, 0.29) is 0 Å². The van der Waals surface area contributed by atoms with E-state index in [1.54, 1.807) is 11.3 Å². The molecule has 0 saturated carbocycles. The summed E-state index contributed by atoms with van der Waals surface area (Å²) < 4.78 is 0. The van der Waals surface area contributed by atoms with Gasteiger partial charge in [-0.15, -0.1) is 11.3 Å². The van der Waals surface area contributed by atoms with Crippen LogP contribution in [0, 0.1) is 0 Å². The summed E-state index contributed by atoms with van der Waals surface area (Å²) in [7, 11) is 0. The van der Waals surface area contributed by atoms with Crippen molar-refractivity contribution in [3.05, 3.63) is 46.3 Å². The molecule has 0 radical (unpaired) electrons. The van der Waals surface area contributed by atoms with Gasteiger partial charge < -0.3 is 5.32 Å². The van der Waals surface area contributed by atoms with Gasteiger partial charge in [-0.1, -0.05) is 42.8 Å². The highest BCUT2D eigenvalue weighted by atomic mass is 35.5. The highest BCUT2D eigenvalue weighted by Gasteiger charge is 2.08. The molecule has 0 spiro atoms. The Balaban J connectivity index is 2.37. The van der Waals surface area contributed by atoms with Gasteiger partial charge in [0.15, 0.2) is 0 Å². The molecule has 0 aliphatic heterocycles. The summed E-state index contributed by atoms with van der Waals surface area (Å²) in [4.78, 5) is 1.16. The van der Waals surface area contributed by atoms with Gasteiger partial charge in [0.2, 0.25) is 0 Å². The predicted octanol–water partition coefficient (Wildman–Crippen LogP) is 4.18. The number of halogens is 1. The van der Waals surface area contributed by atoms with Crippen molar-refractivity contribution in [2.45, 2.75) is 13.5 Å². The predicted molar refractivity (Wildman–Crippen MR) is 72.1 cm³/mol. The van der Waals surface area contributed by atoms with Crippen molar-refractivity contribution in [2.24, 2.45) is 0 Å². The molecule has 1 N–H and O–H groups in total. The van der Waals surface area contributed by atoms with E-state index in [0.29, 0.717) is 0 Å². The van der Waals surface area contributed by atoms with Crippen LogP contribution in [0.1, 0.15) is 12.5 Å². The van der Waals surface area contributed by atoms with Crippen molar-refractivity contribution < 1.29 is 0 Å². The molecule has 0 fully saturated rings. The number of thiophene rings is 1. The normalized spacial score (nSPS) is 10.6. The molecule has 0 bridgehead atoms. The first-order valence-corrected chi connectivity index (χ1v) is 6.60. The van der Waals surface area contributed by atoms with Crippen molar-refractivity contribution in [3.63, 3.8) is 0 Å². The SMILES string of the molecule is CCNCc1ccccc1-c1sccc1Cl. The summed E-state index contributed by atoms with van der Waals surface area (Å²) in [6.07, 6.45) is 0. The molecule has 0 atom stereocenters. The highest BCUT2D eigenvalue weighted by Crippen LogP contribution is 2.35. The monoisotopic (exact) mass is 251 g/mol. The summed E-state index contributed by atoms with van der Waals surface area (Å²) in [5.74, 6) is 0. The van der Waals surface area contributed by atoms with E-state index in [2.05, 4.69) is 36.5 Å². The molecule has 1 aromatic heterocycles. The fourth-order valence-electron chi connectivity index (χ4n) is 1.64. The van der Waals surface area contributed by atoms with Crippen LogP contribution in [0.4, 0.5) is 0 Å². The van der Waals surface area contributed by atoms with Crippen molar-refractivity contribution in [1.29, 1.82) is 0 Å². The van der Waals surface area contributed by atoms with Crippen molar-refractivity contribution in [2.75, 3.05) is 6.54 Å². The summed E-state index contributed by atoms with van der Waals surface area (Å²) in [5, 5.41) is 6.22. The Kier molecular flexibility index (Phi) is 3.99. The average molecular weight is 252 g/mol. The third kappa shape index (κ3) is 2.46. The van der Waals surface area contributed by atoms with Gasteiger partial charge in [-0.25, -0.2) is 0 Å². The van der Waals surface area contributed by atoms with Gasteiger partial charge >= 0.3 is 0 Å². The van der Waals surface area contributed by atoms with Crippen molar-refractivity contribution in [3.8, 4) is 10.4 Å². The summed E-state index contributed by atoms with van der Waals surface area (Å²) >= 11 is 7.86. The van der Waals surface area contributed by atoms with Gasteiger partial charge in [0.05, 0.1) is 9.90 Å². The van der Waals surface area contributed by atoms with Crippen LogP contribution in [0.2, 0.25) is 5.02 Å². The molecular formula is C13H14ClNS.